The Morgan fingerprint density at radius 3 is 2.76 bits per heavy atom. The summed E-state index contributed by atoms with van der Waals surface area (Å²) in [6.07, 6.45) is 1.76. The van der Waals surface area contributed by atoms with E-state index in [2.05, 4.69) is 25.6 Å². The minimum Gasteiger partial charge on any atom is -0.598 e. The summed E-state index contributed by atoms with van der Waals surface area (Å²) >= 11 is 2.01. The Morgan fingerprint density at radius 1 is 1.57 bits per heavy atom. The first-order valence-corrected chi connectivity index (χ1v) is 8.63. The van der Waals surface area contributed by atoms with Crippen LogP contribution in [0.25, 0.3) is 0 Å². The number of carbonyl (C=O) groups excluding carboxylic acids is 1. The average molecular weight is 377 g/mol. The van der Waals surface area contributed by atoms with Gasteiger partial charge in [-0.15, -0.1) is 4.72 Å². The van der Waals surface area contributed by atoms with Gasteiger partial charge in [0, 0.05) is 17.6 Å². The number of rotatable bonds is 6. The summed E-state index contributed by atoms with van der Waals surface area (Å²) in [4.78, 5) is 15.8. The van der Waals surface area contributed by atoms with Crippen molar-refractivity contribution in [2.45, 2.75) is 44.9 Å². The van der Waals surface area contributed by atoms with Crippen molar-refractivity contribution in [3.05, 3.63) is 28.5 Å². The van der Waals surface area contributed by atoms with Crippen LogP contribution in [0.15, 0.2) is 22.9 Å². The molecule has 0 saturated heterocycles. The lowest BCUT2D eigenvalue weighted by Crippen LogP contribution is -2.42. The third-order valence-electron chi connectivity index (χ3n) is 2.63. The lowest BCUT2D eigenvalue weighted by Gasteiger charge is -2.27. The Balaban J connectivity index is 2.92. The van der Waals surface area contributed by atoms with Crippen LogP contribution in [0.1, 0.15) is 45.7 Å². The first-order valence-electron chi connectivity index (χ1n) is 6.69. The highest BCUT2D eigenvalue weighted by molar-refractivity contribution is 9.10. The zero-order valence-electron chi connectivity index (χ0n) is 12.7. The van der Waals surface area contributed by atoms with Crippen LogP contribution in [-0.4, -0.2) is 26.9 Å². The number of pyridine rings is 1. The lowest BCUT2D eigenvalue weighted by atomic mass is 10.1. The Kier molecular flexibility index (Phi) is 7.12. The van der Waals surface area contributed by atoms with Gasteiger partial charge < -0.3 is 9.29 Å². The molecule has 1 aromatic heterocycles. The highest BCUT2D eigenvalue weighted by Gasteiger charge is 2.31. The average Bonchev–Trinajstić information content (AvgIpc) is 2.37. The number of hydrogen-bond acceptors (Lipinski definition) is 5. The lowest BCUT2D eigenvalue weighted by molar-refractivity contribution is -0.143. The van der Waals surface area contributed by atoms with Gasteiger partial charge in [-0.3, -0.25) is 4.79 Å². The van der Waals surface area contributed by atoms with E-state index in [-0.39, 0.29) is 18.4 Å². The quantitative estimate of drug-likeness (QED) is 0.469. The van der Waals surface area contributed by atoms with Crippen LogP contribution >= 0.6 is 15.9 Å². The first kappa shape index (κ1) is 18.4. The predicted molar refractivity (Wildman–Crippen MR) is 87.0 cm³/mol. The van der Waals surface area contributed by atoms with Crippen LogP contribution in [0.5, 0.6) is 0 Å². The van der Waals surface area contributed by atoms with Gasteiger partial charge in [0.15, 0.2) is 0 Å². The van der Waals surface area contributed by atoms with Crippen LogP contribution in [0.2, 0.25) is 0 Å². The van der Waals surface area contributed by atoms with Crippen molar-refractivity contribution in [3.8, 4) is 0 Å². The molecule has 0 aliphatic rings. The molecule has 1 heterocycles. The van der Waals surface area contributed by atoms with Crippen molar-refractivity contribution in [1.82, 2.24) is 9.71 Å². The van der Waals surface area contributed by atoms with Gasteiger partial charge in [0.2, 0.25) is 0 Å². The monoisotopic (exact) mass is 376 g/mol. The second-order valence-corrected chi connectivity index (χ2v) is 8.28. The maximum absolute atomic E-state index is 12.3. The summed E-state index contributed by atoms with van der Waals surface area (Å²) < 4.78 is 20.5. The van der Waals surface area contributed by atoms with E-state index < -0.39 is 16.1 Å². The summed E-state index contributed by atoms with van der Waals surface area (Å²) in [6, 6.07) is 3.21. The van der Waals surface area contributed by atoms with Gasteiger partial charge in [-0.2, -0.15) is 0 Å². The van der Waals surface area contributed by atoms with E-state index in [1.165, 1.54) is 0 Å². The fourth-order valence-electron chi connectivity index (χ4n) is 1.55. The van der Waals surface area contributed by atoms with Crippen molar-refractivity contribution in [3.63, 3.8) is 0 Å². The topological polar surface area (TPSA) is 74.3 Å². The first-order chi connectivity index (χ1) is 9.74. The van der Waals surface area contributed by atoms with E-state index in [1.54, 1.807) is 25.3 Å². The Hall–Kier alpha value is -0.630. The molecule has 0 saturated carbocycles. The molecular formula is C14H21BrN2O3S. The van der Waals surface area contributed by atoms with Crippen molar-refractivity contribution < 1.29 is 14.1 Å². The fourth-order valence-corrected chi connectivity index (χ4v) is 2.77. The second kappa shape index (κ2) is 8.12. The summed E-state index contributed by atoms with van der Waals surface area (Å²) in [5.74, 6) is -0.325. The molecule has 1 rings (SSSR count). The molecule has 5 nitrogen and oxygen atoms in total. The van der Waals surface area contributed by atoms with Crippen molar-refractivity contribution in [2.24, 2.45) is 0 Å². The molecule has 0 amide bonds. The number of nitrogens with zero attached hydrogens (tertiary/aromatic N) is 1. The number of carbonyl (C=O) groups is 1. The van der Waals surface area contributed by atoms with E-state index in [9.17, 15) is 9.35 Å². The van der Waals surface area contributed by atoms with Crippen molar-refractivity contribution >= 4 is 33.3 Å². The predicted octanol–water partition coefficient (Wildman–Crippen LogP) is 2.89. The third-order valence-corrected chi connectivity index (χ3v) is 4.68. The van der Waals surface area contributed by atoms with Gasteiger partial charge in [0.1, 0.15) is 9.35 Å². The van der Waals surface area contributed by atoms with E-state index in [4.69, 9.17) is 4.74 Å². The molecule has 1 unspecified atom stereocenters. The Morgan fingerprint density at radius 2 is 2.24 bits per heavy atom. The smallest absolute Gasteiger partial charge is 0.307 e. The molecular weight excluding hydrogens is 356 g/mol. The van der Waals surface area contributed by atoms with Crippen LogP contribution < -0.4 is 4.72 Å². The van der Waals surface area contributed by atoms with Crippen LogP contribution in [-0.2, 0) is 20.9 Å². The molecule has 0 radical (unpaired) electrons. The molecule has 1 N–H and O–H groups in total. The van der Waals surface area contributed by atoms with Crippen LogP contribution in [0.3, 0.4) is 0 Å². The van der Waals surface area contributed by atoms with E-state index in [0.29, 0.717) is 11.2 Å². The standard InChI is InChI=1S/C14H21BrN2O3S/c1-5-20-13(18)9-11(17-21(19)14(2,3)4)10-6-7-16-12(15)8-10/h6-8,11,17H,5,9H2,1-4H3/t11?,21-/m1/s1. The molecule has 2 atom stereocenters. The zero-order chi connectivity index (χ0) is 16.0. The summed E-state index contributed by atoms with van der Waals surface area (Å²) in [5, 5.41) is 0. The minimum absolute atomic E-state index is 0.117. The summed E-state index contributed by atoms with van der Waals surface area (Å²) in [5.41, 5.74) is 0.836. The molecule has 7 heteroatoms. The van der Waals surface area contributed by atoms with Gasteiger partial charge in [0.25, 0.3) is 0 Å². The highest BCUT2D eigenvalue weighted by atomic mass is 79.9. The highest BCUT2D eigenvalue weighted by Crippen LogP contribution is 2.24. The molecule has 0 aliphatic heterocycles. The molecule has 0 spiro atoms. The SMILES string of the molecule is CCOC(=O)CC(N[S@+]([O-])C(C)(C)C)c1ccnc(Br)c1. The number of esters is 1. The van der Waals surface area contributed by atoms with Crippen LogP contribution in [0.4, 0.5) is 0 Å². The number of nitrogens with one attached hydrogen (secondary N) is 1. The third kappa shape index (κ3) is 6.34. The number of halogens is 1. The molecule has 1 aromatic rings. The largest absolute Gasteiger partial charge is 0.598 e. The number of ether oxygens (including phenoxy) is 1. The van der Waals surface area contributed by atoms with Gasteiger partial charge in [-0.1, -0.05) is 0 Å². The molecule has 118 valence electrons. The summed E-state index contributed by atoms with van der Waals surface area (Å²) in [6.45, 7) is 7.71. The van der Waals surface area contributed by atoms with Crippen LogP contribution in [0, 0.1) is 0 Å². The summed E-state index contributed by atoms with van der Waals surface area (Å²) in [7, 11) is 0. The molecule has 0 aliphatic carbocycles. The Bertz CT molecular complexity index is 480. The van der Waals surface area contributed by atoms with Gasteiger partial charge in [0.05, 0.1) is 19.1 Å². The molecule has 0 bridgehead atoms. The van der Waals surface area contributed by atoms with E-state index >= 15 is 0 Å². The van der Waals surface area contributed by atoms with Gasteiger partial charge >= 0.3 is 5.97 Å². The zero-order valence-corrected chi connectivity index (χ0v) is 15.1. The molecule has 0 aromatic carbocycles. The van der Waals surface area contributed by atoms with E-state index in [0.717, 1.165) is 5.56 Å². The van der Waals surface area contributed by atoms with E-state index in [1.807, 2.05) is 20.8 Å². The van der Waals surface area contributed by atoms with Gasteiger partial charge in [-0.05, 0) is 61.3 Å². The Labute approximate surface area is 137 Å². The second-order valence-electron chi connectivity index (χ2n) is 5.47. The molecule has 21 heavy (non-hydrogen) atoms. The number of hydrogen-bond donors (Lipinski definition) is 1. The van der Waals surface area contributed by atoms with Crippen molar-refractivity contribution in [1.29, 1.82) is 0 Å². The fraction of sp³-hybridized carbons (Fsp3) is 0.571. The number of aromatic nitrogens is 1. The molecule has 0 fully saturated rings. The normalized spacial score (nSPS) is 14.6. The minimum atomic E-state index is -1.29. The maximum atomic E-state index is 12.3. The van der Waals surface area contributed by atoms with Gasteiger partial charge in [-0.25, -0.2) is 4.98 Å². The maximum Gasteiger partial charge on any atom is 0.307 e. The van der Waals surface area contributed by atoms with Crippen molar-refractivity contribution in [2.75, 3.05) is 6.61 Å².